The van der Waals surface area contributed by atoms with Gasteiger partial charge in [-0.25, -0.2) is 0 Å². The Bertz CT molecular complexity index is 693. The first-order valence-electron chi connectivity index (χ1n) is 11.9. The van der Waals surface area contributed by atoms with E-state index in [0.29, 0.717) is 12.8 Å². The van der Waals surface area contributed by atoms with Crippen LogP contribution in [0.15, 0.2) is 0 Å². The number of amides is 2. The zero-order valence-electron chi connectivity index (χ0n) is 20.6. The van der Waals surface area contributed by atoms with E-state index in [1.807, 2.05) is 27.7 Å². The van der Waals surface area contributed by atoms with Crippen molar-refractivity contribution in [3.8, 4) is 0 Å². The lowest BCUT2D eigenvalue weighted by atomic mass is 9.63. The van der Waals surface area contributed by atoms with Crippen LogP contribution in [0.1, 0.15) is 79.1 Å². The summed E-state index contributed by atoms with van der Waals surface area (Å²) >= 11 is 0. The number of hydrogen-bond donors (Lipinski definition) is 4. The fourth-order valence-corrected chi connectivity index (χ4v) is 7.11. The van der Waals surface area contributed by atoms with Gasteiger partial charge in [0.15, 0.2) is 0 Å². The molecule has 4 aliphatic rings. The van der Waals surface area contributed by atoms with Crippen molar-refractivity contribution in [2.45, 2.75) is 101 Å². The Morgan fingerprint density at radius 2 is 1.06 bits per heavy atom. The van der Waals surface area contributed by atoms with Crippen molar-refractivity contribution < 1.29 is 29.3 Å². The molecular weight excluding hydrogens is 412 g/mol. The topological polar surface area (TPSA) is 117 Å². The first-order valence-corrected chi connectivity index (χ1v) is 11.9. The Balaban J connectivity index is 0.000000181. The molecule has 2 saturated heterocycles. The molecule has 0 aromatic carbocycles. The SMILES string of the molecule is CNC(=O)[C@@]12CCC[C@@](CO)(C1)OC2(C)C.CNC(=O)[C@]12CCC[C@](CO)(C1)OC2(C)C. The van der Waals surface area contributed by atoms with Gasteiger partial charge in [0.05, 0.1) is 46.4 Å². The Hall–Kier alpha value is -1.22. The first kappa shape index (κ1) is 25.4. The summed E-state index contributed by atoms with van der Waals surface area (Å²) in [6, 6.07) is 0. The van der Waals surface area contributed by atoms with Crippen LogP contribution in [0, 0.1) is 10.8 Å². The Labute approximate surface area is 191 Å². The summed E-state index contributed by atoms with van der Waals surface area (Å²) in [6.07, 6.45) is 6.57. The van der Waals surface area contributed by atoms with E-state index in [-0.39, 0.29) is 25.0 Å². The van der Waals surface area contributed by atoms with Crippen LogP contribution in [0.3, 0.4) is 0 Å². The fraction of sp³-hybridized carbons (Fsp3) is 0.917. The molecule has 4 rings (SSSR count). The number of ether oxygens (including phenoxy) is 2. The van der Waals surface area contributed by atoms with Gasteiger partial charge in [-0.05, 0) is 79.1 Å². The van der Waals surface area contributed by atoms with E-state index in [1.54, 1.807) is 14.1 Å². The van der Waals surface area contributed by atoms with Crippen LogP contribution in [-0.2, 0) is 19.1 Å². The first-order chi connectivity index (χ1) is 14.8. The second-order valence-corrected chi connectivity index (χ2v) is 11.3. The molecule has 8 nitrogen and oxygen atoms in total. The highest BCUT2D eigenvalue weighted by molar-refractivity contribution is 5.85. The van der Waals surface area contributed by atoms with Crippen LogP contribution in [-0.4, -0.2) is 71.7 Å². The molecule has 2 amide bonds. The average molecular weight is 455 g/mol. The highest BCUT2D eigenvalue weighted by Gasteiger charge is 2.66. The van der Waals surface area contributed by atoms with Crippen molar-refractivity contribution in [3.63, 3.8) is 0 Å². The molecule has 0 aromatic heterocycles. The molecule has 0 spiro atoms. The van der Waals surface area contributed by atoms with Crippen molar-refractivity contribution in [2.75, 3.05) is 27.3 Å². The maximum absolute atomic E-state index is 12.1. The summed E-state index contributed by atoms with van der Waals surface area (Å²) in [5.41, 5.74) is -2.91. The molecule has 0 aromatic rings. The van der Waals surface area contributed by atoms with Crippen LogP contribution in [0.5, 0.6) is 0 Å². The van der Waals surface area contributed by atoms with Crippen molar-refractivity contribution in [1.29, 1.82) is 0 Å². The zero-order chi connectivity index (χ0) is 24.1. The second kappa shape index (κ2) is 8.22. The largest absolute Gasteiger partial charge is 0.393 e. The van der Waals surface area contributed by atoms with E-state index in [0.717, 1.165) is 38.5 Å². The van der Waals surface area contributed by atoms with Crippen molar-refractivity contribution in [2.24, 2.45) is 10.8 Å². The summed E-state index contributed by atoms with van der Waals surface area (Å²) in [6.45, 7) is 7.87. The summed E-state index contributed by atoms with van der Waals surface area (Å²) in [5, 5.41) is 24.5. The Morgan fingerprint density at radius 3 is 1.34 bits per heavy atom. The molecule has 2 aliphatic carbocycles. The molecule has 4 fully saturated rings. The maximum Gasteiger partial charge on any atom is 0.228 e. The molecule has 2 saturated carbocycles. The summed E-state index contributed by atoms with van der Waals surface area (Å²) in [4.78, 5) is 24.3. The molecule has 8 heteroatoms. The van der Waals surface area contributed by atoms with Gasteiger partial charge in [0.25, 0.3) is 0 Å². The summed E-state index contributed by atoms with van der Waals surface area (Å²) < 4.78 is 12.0. The van der Waals surface area contributed by atoms with Gasteiger partial charge in [-0.2, -0.15) is 0 Å². The molecule has 2 aliphatic heterocycles. The highest BCUT2D eigenvalue weighted by Crippen LogP contribution is 2.60. The minimum absolute atomic E-state index is 0.00910. The molecule has 184 valence electrons. The highest BCUT2D eigenvalue weighted by atomic mass is 16.5. The lowest BCUT2D eigenvalue weighted by molar-refractivity contribution is -0.145. The maximum atomic E-state index is 12.1. The average Bonchev–Trinajstić information content (AvgIpc) is 3.04. The molecule has 2 heterocycles. The quantitative estimate of drug-likeness (QED) is 0.513. The van der Waals surface area contributed by atoms with E-state index in [2.05, 4.69) is 10.6 Å². The van der Waals surface area contributed by atoms with Crippen LogP contribution < -0.4 is 10.6 Å². The predicted molar refractivity (Wildman–Crippen MR) is 120 cm³/mol. The predicted octanol–water partition coefficient (Wildman–Crippen LogP) is 1.67. The number of nitrogens with one attached hydrogen (secondary N) is 2. The smallest absolute Gasteiger partial charge is 0.228 e. The van der Waals surface area contributed by atoms with Crippen molar-refractivity contribution >= 4 is 11.8 Å². The third-order valence-corrected chi connectivity index (χ3v) is 8.87. The van der Waals surface area contributed by atoms with E-state index < -0.39 is 33.2 Å². The van der Waals surface area contributed by atoms with Crippen LogP contribution in [0.25, 0.3) is 0 Å². The van der Waals surface area contributed by atoms with E-state index in [4.69, 9.17) is 9.47 Å². The molecule has 4 atom stereocenters. The van der Waals surface area contributed by atoms with Gasteiger partial charge in [-0.15, -0.1) is 0 Å². The van der Waals surface area contributed by atoms with Gasteiger partial charge in [-0.1, -0.05) is 0 Å². The third kappa shape index (κ3) is 3.58. The minimum atomic E-state index is -0.494. The van der Waals surface area contributed by atoms with Gasteiger partial charge in [0.2, 0.25) is 11.8 Å². The fourth-order valence-electron chi connectivity index (χ4n) is 7.11. The summed E-state index contributed by atoms with van der Waals surface area (Å²) in [7, 11) is 3.33. The third-order valence-electron chi connectivity index (χ3n) is 8.87. The molecule has 0 radical (unpaired) electrons. The van der Waals surface area contributed by atoms with Gasteiger partial charge < -0.3 is 30.3 Å². The van der Waals surface area contributed by atoms with Gasteiger partial charge >= 0.3 is 0 Å². The number of aliphatic hydroxyl groups is 2. The lowest BCUT2D eigenvalue weighted by Crippen LogP contribution is -2.51. The van der Waals surface area contributed by atoms with Gasteiger partial charge in [-0.3, -0.25) is 9.59 Å². The normalized spacial score (nSPS) is 40.8. The number of carbonyl (C=O) groups is 2. The molecular formula is C24H42N2O6. The number of aliphatic hydroxyl groups excluding tert-OH is 2. The van der Waals surface area contributed by atoms with Crippen LogP contribution >= 0.6 is 0 Å². The Morgan fingerprint density at radius 1 is 0.719 bits per heavy atom. The van der Waals surface area contributed by atoms with E-state index in [1.165, 1.54) is 0 Å². The number of hydrogen-bond acceptors (Lipinski definition) is 6. The number of fused-ring (bicyclic) bond motifs is 4. The molecule has 4 bridgehead atoms. The minimum Gasteiger partial charge on any atom is -0.393 e. The van der Waals surface area contributed by atoms with Gasteiger partial charge in [0, 0.05) is 14.1 Å². The van der Waals surface area contributed by atoms with E-state index >= 15 is 0 Å². The van der Waals surface area contributed by atoms with Gasteiger partial charge in [0.1, 0.15) is 0 Å². The number of rotatable bonds is 4. The van der Waals surface area contributed by atoms with Crippen molar-refractivity contribution in [3.05, 3.63) is 0 Å². The standard InChI is InChI=1S/2C12H21NO3/c2*1-10(2)12(9(15)13-3)6-4-5-11(7-12,8-14)16-10/h2*14H,4-8H2,1-3H3,(H,13,15)/t2*11-,12+/m10/s1. The lowest BCUT2D eigenvalue weighted by Gasteiger charge is -2.38. The monoisotopic (exact) mass is 454 g/mol. The molecule has 4 N–H and O–H groups in total. The number of carbonyl (C=O) groups excluding carboxylic acids is 2. The summed E-state index contributed by atoms with van der Waals surface area (Å²) in [5.74, 6) is 0.0973. The molecule has 0 unspecified atom stereocenters. The van der Waals surface area contributed by atoms with E-state index in [9.17, 15) is 19.8 Å². The van der Waals surface area contributed by atoms with Crippen molar-refractivity contribution in [1.82, 2.24) is 10.6 Å². The molecule has 32 heavy (non-hydrogen) atoms. The zero-order valence-corrected chi connectivity index (χ0v) is 20.6. The van der Waals surface area contributed by atoms with Crippen LogP contribution in [0.2, 0.25) is 0 Å². The Kier molecular flexibility index (Phi) is 6.53. The second-order valence-electron chi connectivity index (χ2n) is 11.3. The van der Waals surface area contributed by atoms with Crippen LogP contribution in [0.4, 0.5) is 0 Å².